The van der Waals surface area contributed by atoms with Crippen LogP contribution < -0.4 is 14.2 Å². The highest BCUT2D eigenvalue weighted by molar-refractivity contribution is 6.03. The topological polar surface area (TPSA) is 218 Å². The van der Waals surface area contributed by atoms with Crippen molar-refractivity contribution in [1.82, 2.24) is 4.90 Å². The van der Waals surface area contributed by atoms with Crippen molar-refractivity contribution in [2.24, 2.45) is 22.9 Å². The maximum Gasteiger partial charge on any atom is 0.410 e. The number of nitro benzene ring substituents is 1. The van der Waals surface area contributed by atoms with Crippen LogP contribution in [-0.4, -0.2) is 115 Å². The Labute approximate surface area is 448 Å². The second kappa shape index (κ2) is 31.4. The van der Waals surface area contributed by atoms with Gasteiger partial charge >= 0.3 is 6.09 Å². The highest BCUT2D eigenvalue weighted by Gasteiger charge is 2.65. The van der Waals surface area contributed by atoms with Gasteiger partial charge in [0.2, 0.25) is 5.79 Å². The molecule has 1 amide bonds. The first-order chi connectivity index (χ1) is 37.2. The minimum absolute atomic E-state index is 0.00776. The van der Waals surface area contributed by atoms with Crippen LogP contribution in [0.25, 0.3) is 0 Å². The first-order valence-corrected chi connectivity index (χ1v) is 27.5. The molecule has 1 heterocycles. The molecule has 6 rings (SSSR count). The number of nitrogens with zero attached hydrogens (tertiary/aromatic N) is 3. The Morgan fingerprint density at radius 3 is 2.24 bits per heavy atom. The Hall–Kier alpha value is -5.85. The van der Waals surface area contributed by atoms with Crippen LogP contribution >= 0.6 is 0 Å². The molecule has 3 aromatic carbocycles. The highest BCUT2D eigenvalue weighted by Crippen LogP contribution is 2.62. The number of oxime groups is 1. The molecule has 0 aromatic heterocycles. The van der Waals surface area contributed by atoms with Gasteiger partial charge in [0, 0.05) is 49.8 Å². The summed E-state index contributed by atoms with van der Waals surface area (Å²) in [5.41, 5.74) is 3.10. The van der Waals surface area contributed by atoms with Gasteiger partial charge in [0.05, 0.1) is 62.3 Å². The molecule has 1 aliphatic heterocycles. The number of fused-ring (bicyclic) bond motifs is 2. The third-order valence-electron chi connectivity index (χ3n) is 14.8. The molecule has 3 N–H and O–H groups in total. The van der Waals surface area contributed by atoms with Crippen LogP contribution in [0.1, 0.15) is 143 Å². The number of unbranched alkanes of at least 4 members (excludes halogenated alkanes) is 11. The number of allylic oxidation sites excluding steroid dienone is 1. The zero-order valence-corrected chi connectivity index (χ0v) is 44.7. The lowest BCUT2D eigenvalue weighted by Crippen LogP contribution is -2.70. The summed E-state index contributed by atoms with van der Waals surface area (Å²) in [7, 11) is 1.50. The summed E-state index contributed by atoms with van der Waals surface area (Å²) in [6.45, 7) is 6.51. The van der Waals surface area contributed by atoms with Crippen molar-refractivity contribution >= 4 is 23.8 Å². The number of benzene rings is 3. The van der Waals surface area contributed by atoms with Crippen LogP contribution in [0.4, 0.5) is 10.5 Å². The second-order valence-corrected chi connectivity index (χ2v) is 19.9. The molecule has 2 aliphatic carbocycles. The number of non-ortho nitro benzene ring substituents is 1. The van der Waals surface area contributed by atoms with E-state index in [-0.39, 0.29) is 89.3 Å². The monoisotopic (exact) mass is 1060 g/mol. The number of aliphatic hydroxyl groups excluding tert-OH is 3. The van der Waals surface area contributed by atoms with E-state index in [1.807, 2.05) is 12.1 Å². The van der Waals surface area contributed by atoms with E-state index < -0.39 is 28.8 Å². The van der Waals surface area contributed by atoms with Crippen molar-refractivity contribution < 1.29 is 63.1 Å². The lowest BCUT2D eigenvalue weighted by Gasteiger charge is -2.59. The van der Waals surface area contributed by atoms with E-state index in [9.17, 15) is 35.0 Å². The summed E-state index contributed by atoms with van der Waals surface area (Å²) < 4.78 is 38.4. The molecular weight excluding hydrogens is 975 g/mol. The number of carbonyl (C=O) groups excluding carboxylic acids is 2. The number of rotatable bonds is 36. The molecule has 416 valence electrons. The van der Waals surface area contributed by atoms with E-state index in [0.717, 1.165) is 43.2 Å². The lowest BCUT2D eigenvalue weighted by atomic mass is 9.55. The molecule has 6 atom stereocenters. The minimum atomic E-state index is -1.59. The quantitative estimate of drug-likeness (QED) is 0.0162. The van der Waals surface area contributed by atoms with Crippen molar-refractivity contribution in [1.29, 1.82) is 0 Å². The summed E-state index contributed by atoms with van der Waals surface area (Å²) in [5, 5.41) is 46.2. The number of methoxy groups -OCH3 is 1. The average Bonchev–Trinajstić information content (AvgIpc) is 3.44. The molecule has 1 fully saturated rings. The fourth-order valence-corrected chi connectivity index (χ4v) is 11.2. The van der Waals surface area contributed by atoms with Crippen LogP contribution in [-0.2, 0) is 25.7 Å². The molecule has 3 aromatic rings. The number of nitro groups is 1. The molecule has 0 saturated heterocycles. The molecule has 6 unspecified atom stereocenters. The lowest BCUT2D eigenvalue weighted by molar-refractivity contribution is -0.384. The fourth-order valence-electron chi connectivity index (χ4n) is 11.2. The van der Waals surface area contributed by atoms with Gasteiger partial charge in [-0.2, -0.15) is 0 Å². The molecule has 17 nitrogen and oxygen atoms in total. The molecular formula is C59H81N3O14. The number of carbonyl (C=O) groups is 2. The zero-order valence-electron chi connectivity index (χ0n) is 44.7. The molecule has 17 heteroatoms. The van der Waals surface area contributed by atoms with Gasteiger partial charge in [-0.25, -0.2) is 4.79 Å². The first kappa shape index (κ1) is 59.4. The van der Waals surface area contributed by atoms with E-state index >= 15 is 0 Å². The SMILES string of the molecule is C=CCOC12Oc3ccc(Oc4ccc(OC)c(C=O)c4)cc3C3C(CCCCO)C(CCCCO)C=C(C(=NOCc4ccc([N+](=O)[O-])cc4)CC1N(CCOCCO)C(=O)OCCCCCCCCCCCC)C32. The summed E-state index contributed by atoms with van der Waals surface area (Å²) >= 11 is 0. The van der Waals surface area contributed by atoms with Gasteiger partial charge in [-0.3, -0.25) is 19.8 Å². The average molecular weight is 1060 g/mol. The number of aldehydes is 1. The predicted octanol–water partition coefficient (Wildman–Crippen LogP) is 11.4. The van der Waals surface area contributed by atoms with Gasteiger partial charge in [-0.15, -0.1) is 6.58 Å². The van der Waals surface area contributed by atoms with Crippen LogP contribution in [0.2, 0.25) is 0 Å². The van der Waals surface area contributed by atoms with Crippen LogP contribution in [0, 0.1) is 27.9 Å². The molecule has 0 bridgehead atoms. The summed E-state index contributed by atoms with van der Waals surface area (Å²) in [6, 6.07) is 15.8. The number of hydrogen-bond donors (Lipinski definition) is 3. The molecule has 0 spiro atoms. The third kappa shape index (κ3) is 15.9. The molecule has 0 radical (unpaired) electrons. The number of amides is 1. The van der Waals surface area contributed by atoms with Gasteiger partial charge in [0.1, 0.15) is 35.6 Å². The maximum absolute atomic E-state index is 14.9. The maximum atomic E-state index is 14.9. The van der Waals surface area contributed by atoms with E-state index in [2.05, 4.69) is 19.6 Å². The van der Waals surface area contributed by atoms with Crippen molar-refractivity contribution in [3.05, 3.63) is 112 Å². The Kier molecular flexibility index (Phi) is 24.5. The van der Waals surface area contributed by atoms with Gasteiger partial charge in [0.15, 0.2) is 6.29 Å². The minimum Gasteiger partial charge on any atom is -0.496 e. The van der Waals surface area contributed by atoms with Gasteiger partial charge < -0.3 is 48.6 Å². The zero-order chi connectivity index (χ0) is 54.1. The molecule has 3 aliphatic rings. The van der Waals surface area contributed by atoms with E-state index in [0.29, 0.717) is 78.2 Å². The van der Waals surface area contributed by atoms with Crippen LogP contribution in [0.3, 0.4) is 0 Å². The Balaban J connectivity index is 1.47. The van der Waals surface area contributed by atoms with E-state index in [1.54, 1.807) is 47.4 Å². The number of hydrogen-bond acceptors (Lipinski definition) is 15. The van der Waals surface area contributed by atoms with Gasteiger partial charge in [0.25, 0.3) is 5.69 Å². The summed E-state index contributed by atoms with van der Waals surface area (Å²) in [5.74, 6) is -0.944. The Morgan fingerprint density at radius 2 is 1.57 bits per heavy atom. The Bertz CT molecular complexity index is 2360. The third-order valence-corrected chi connectivity index (χ3v) is 14.8. The fraction of sp³-hybridized carbons (Fsp3) is 0.576. The summed E-state index contributed by atoms with van der Waals surface area (Å²) in [6.07, 6.45) is 19.4. The normalized spacial score (nSPS) is 20.9. The van der Waals surface area contributed by atoms with Crippen LogP contribution in [0.15, 0.2) is 90.1 Å². The van der Waals surface area contributed by atoms with Gasteiger partial charge in [-0.1, -0.05) is 94.9 Å². The van der Waals surface area contributed by atoms with Crippen molar-refractivity contribution in [2.75, 3.05) is 59.9 Å². The molecule has 76 heavy (non-hydrogen) atoms. The number of ether oxygens (including phenoxy) is 6. The standard InChI is InChI=1S/C59H81N3O14/c1-4-6-7-8-9-10-11-12-13-18-34-72-58(67)61(29-35-71-36-32-65)55-40-52(60-74-42-43-21-23-46(24-22-43)62(68)69)50-38-44(19-14-16-30-63)49(20-15-17-31-64)56-51-39-48(75-47-25-27-53(70-3)45(37-47)41-66)26-28-54(51)76-59(55,57(50)56)73-33-5-2/h5,21-28,37-39,41,44,49,55-57,63-65H,2,4,6-20,29-36,40,42H2,1,3H3. The molecule has 1 saturated carbocycles. The Morgan fingerprint density at radius 1 is 0.868 bits per heavy atom. The second-order valence-electron chi connectivity index (χ2n) is 19.9. The largest absolute Gasteiger partial charge is 0.496 e. The van der Waals surface area contributed by atoms with Crippen LogP contribution in [0.5, 0.6) is 23.0 Å². The van der Waals surface area contributed by atoms with Crippen molar-refractivity contribution in [3.63, 3.8) is 0 Å². The number of aliphatic hydroxyl groups is 3. The van der Waals surface area contributed by atoms with E-state index in [1.165, 1.54) is 57.8 Å². The van der Waals surface area contributed by atoms with Gasteiger partial charge in [-0.05, 0) is 104 Å². The van der Waals surface area contributed by atoms with Crippen molar-refractivity contribution in [3.8, 4) is 23.0 Å². The van der Waals surface area contributed by atoms with E-state index in [4.69, 9.17) is 38.4 Å². The smallest absolute Gasteiger partial charge is 0.410 e. The summed E-state index contributed by atoms with van der Waals surface area (Å²) in [4.78, 5) is 45.8. The predicted molar refractivity (Wildman–Crippen MR) is 289 cm³/mol. The first-order valence-electron chi connectivity index (χ1n) is 27.5. The highest BCUT2D eigenvalue weighted by atomic mass is 16.7. The van der Waals surface area contributed by atoms with Crippen molar-refractivity contribution in [2.45, 2.75) is 140 Å².